The average molecular weight is 547 g/mol. The first-order chi connectivity index (χ1) is 17.0. The van der Waals surface area contributed by atoms with Crippen molar-refractivity contribution in [3.8, 4) is 16.9 Å². The molecule has 2 atom stereocenters. The number of aromatic nitrogens is 4. The van der Waals surface area contributed by atoms with Gasteiger partial charge in [0.25, 0.3) is 0 Å². The Morgan fingerprint density at radius 1 is 1.22 bits per heavy atom. The molecule has 0 unspecified atom stereocenters. The molecular formula is C23H27ClN8O2S2. The molecule has 1 saturated heterocycles. The van der Waals surface area contributed by atoms with Gasteiger partial charge in [-0.2, -0.15) is 5.26 Å². The number of sulfonamides is 1. The lowest BCUT2D eigenvalue weighted by atomic mass is 10.1. The summed E-state index contributed by atoms with van der Waals surface area (Å²) in [5, 5.41) is 23.1. The van der Waals surface area contributed by atoms with Gasteiger partial charge >= 0.3 is 0 Å². The van der Waals surface area contributed by atoms with Gasteiger partial charge in [-0.3, -0.25) is 4.40 Å². The number of imidazole rings is 1. The minimum absolute atomic E-state index is 0.146. The third kappa shape index (κ3) is 4.07. The lowest BCUT2D eigenvalue weighted by molar-refractivity contribution is 0.407. The fraction of sp³-hybridized carbons (Fsp3) is 0.565. The zero-order valence-corrected chi connectivity index (χ0v) is 22.6. The van der Waals surface area contributed by atoms with Crippen LogP contribution in [0.4, 0.5) is 5.69 Å². The smallest absolute Gasteiger partial charge is 0.242 e. The first-order valence-corrected chi connectivity index (χ1v) is 14.7. The summed E-state index contributed by atoms with van der Waals surface area (Å²) in [5.74, 6) is 0.416. The van der Waals surface area contributed by atoms with Gasteiger partial charge in [-0.1, -0.05) is 22.9 Å². The highest BCUT2D eigenvalue weighted by Crippen LogP contribution is 2.49. The van der Waals surface area contributed by atoms with Crippen LogP contribution in [0.5, 0.6) is 0 Å². The van der Waals surface area contributed by atoms with Crippen LogP contribution in [0.15, 0.2) is 17.2 Å². The summed E-state index contributed by atoms with van der Waals surface area (Å²) in [4.78, 5) is 6.91. The number of pyridine rings is 1. The number of nitrogens with zero attached hydrogens (tertiary/aromatic N) is 6. The predicted octanol–water partition coefficient (Wildman–Crippen LogP) is 3.08. The van der Waals surface area contributed by atoms with E-state index in [-0.39, 0.29) is 22.1 Å². The van der Waals surface area contributed by atoms with Crippen molar-refractivity contribution in [1.29, 1.82) is 5.26 Å². The maximum absolute atomic E-state index is 13.5. The highest BCUT2D eigenvalue weighted by molar-refractivity contribution is 7.89. The zero-order chi connectivity index (χ0) is 25.5. The minimum Gasteiger partial charge on any atom is -0.367 e. The highest BCUT2D eigenvalue weighted by atomic mass is 35.5. The summed E-state index contributed by atoms with van der Waals surface area (Å²) in [7, 11) is -3.80. The summed E-state index contributed by atoms with van der Waals surface area (Å²) >= 11 is 8.02. The molecule has 1 aliphatic heterocycles. The molecule has 2 N–H and O–H groups in total. The Kier molecular flexibility index (Phi) is 5.41. The molecule has 13 heteroatoms. The highest BCUT2D eigenvalue weighted by Gasteiger charge is 2.48. The second-order valence-electron chi connectivity index (χ2n) is 10.7. The molecule has 36 heavy (non-hydrogen) atoms. The Balaban J connectivity index is 1.53. The standard InChI is InChI=1S/C23H27ClN8O2S2/c1-13-9-31(10-14(2)26-13)16-8-15(36(33,34)30-22(3)4-5-22)11-32-17(16)18(24)27-19(32)20-28-29-21(35-20)23(12-25)6-7-23/h8,11,13-14,26,30H,4-7,9-10H2,1-3H3/t13-,14-/m0/s1. The van der Waals surface area contributed by atoms with Crippen molar-refractivity contribution < 1.29 is 8.42 Å². The first kappa shape index (κ1) is 24.1. The Morgan fingerprint density at radius 3 is 2.53 bits per heavy atom. The number of rotatable bonds is 6. The van der Waals surface area contributed by atoms with E-state index in [9.17, 15) is 13.7 Å². The van der Waals surface area contributed by atoms with Crippen molar-refractivity contribution in [1.82, 2.24) is 29.6 Å². The fourth-order valence-corrected chi connectivity index (χ4v) is 7.64. The lowest BCUT2D eigenvalue weighted by Gasteiger charge is -2.38. The van der Waals surface area contributed by atoms with Gasteiger partial charge in [-0.25, -0.2) is 18.1 Å². The molecule has 0 radical (unpaired) electrons. The van der Waals surface area contributed by atoms with Crippen LogP contribution in [0.2, 0.25) is 5.15 Å². The Bertz CT molecular complexity index is 1510. The van der Waals surface area contributed by atoms with Crippen LogP contribution in [-0.2, 0) is 15.4 Å². The molecule has 4 heterocycles. The Hall–Kier alpha value is -2.30. The summed E-state index contributed by atoms with van der Waals surface area (Å²) in [6, 6.07) is 4.47. The Labute approximate surface area is 218 Å². The lowest BCUT2D eigenvalue weighted by Crippen LogP contribution is -2.54. The number of halogens is 1. The fourth-order valence-electron chi connectivity index (χ4n) is 4.87. The van der Waals surface area contributed by atoms with Gasteiger partial charge in [0.1, 0.15) is 20.8 Å². The van der Waals surface area contributed by atoms with Crippen molar-refractivity contribution in [2.75, 3.05) is 18.0 Å². The molecule has 2 saturated carbocycles. The predicted molar refractivity (Wildman–Crippen MR) is 138 cm³/mol. The van der Waals surface area contributed by atoms with Gasteiger partial charge in [0.2, 0.25) is 10.0 Å². The van der Waals surface area contributed by atoms with Crippen LogP contribution in [0, 0.1) is 11.3 Å². The zero-order valence-electron chi connectivity index (χ0n) is 20.2. The van der Waals surface area contributed by atoms with Gasteiger partial charge < -0.3 is 10.2 Å². The van der Waals surface area contributed by atoms with Gasteiger partial charge in [0.15, 0.2) is 16.0 Å². The van der Waals surface area contributed by atoms with Crippen molar-refractivity contribution in [3.05, 3.63) is 22.4 Å². The molecule has 3 aromatic rings. The number of anilines is 1. The quantitative estimate of drug-likeness (QED) is 0.482. The average Bonchev–Trinajstić information content (AvgIpc) is 3.67. The van der Waals surface area contributed by atoms with Crippen LogP contribution in [0.1, 0.15) is 51.5 Å². The molecule has 190 valence electrons. The van der Waals surface area contributed by atoms with E-state index in [0.717, 1.165) is 25.7 Å². The normalized spacial score (nSPS) is 24.6. The third-order valence-corrected chi connectivity index (χ3v) is 10.2. The maximum atomic E-state index is 13.5. The molecule has 6 rings (SSSR count). The van der Waals surface area contributed by atoms with E-state index in [1.807, 2.05) is 6.92 Å². The summed E-state index contributed by atoms with van der Waals surface area (Å²) in [6.45, 7) is 7.50. The number of nitriles is 1. The molecular weight excluding hydrogens is 520 g/mol. The number of hydrogen-bond acceptors (Lipinski definition) is 9. The molecule has 3 aromatic heterocycles. The van der Waals surface area contributed by atoms with E-state index in [1.54, 1.807) is 16.7 Å². The summed E-state index contributed by atoms with van der Waals surface area (Å²) < 4.78 is 31.5. The largest absolute Gasteiger partial charge is 0.367 e. The minimum atomic E-state index is -3.80. The van der Waals surface area contributed by atoms with Crippen LogP contribution in [0.25, 0.3) is 16.3 Å². The van der Waals surface area contributed by atoms with Gasteiger partial charge in [-0.05, 0) is 52.5 Å². The van der Waals surface area contributed by atoms with Crippen LogP contribution in [-0.4, -0.2) is 58.7 Å². The number of nitrogens with one attached hydrogen (secondary N) is 2. The molecule has 0 aromatic carbocycles. The van der Waals surface area contributed by atoms with Crippen LogP contribution < -0.4 is 14.9 Å². The van der Waals surface area contributed by atoms with Gasteiger partial charge in [0.05, 0.1) is 11.8 Å². The van der Waals surface area contributed by atoms with Crippen molar-refractivity contribution in [2.24, 2.45) is 0 Å². The summed E-state index contributed by atoms with van der Waals surface area (Å²) in [5.41, 5.74) is 0.361. The van der Waals surface area contributed by atoms with E-state index in [4.69, 9.17) is 11.6 Å². The Morgan fingerprint density at radius 2 is 1.92 bits per heavy atom. The number of hydrogen-bond donors (Lipinski definition) is 2. The van der Waals surface area contributed by atoms with Crippen molar-refractivity contribution in [2.45, 2.75) is 74.4 Å². The molecule has 2 aliphatic carbocycles. The van der Waals surface area contributed by atoms with Gasteiger partial charge in [0, 0.05) is 36.9 Å². The molecule has 0 spiro atoms. The maximum Gasteiger partial charge on any atom is 0.242 e. The molecule has 3 aliphatic rings. The third-order valence-electron chi connectivity index (χ3n) is 7.23. The van der Waals surface area contributed by atoms with E-state index in [1.165, 1.54) is 11.3 Å². The molecule has 10 nitrogen and oxygen atoms in total. The van der Waals surface area contributed by atoms with E-state index in [2.05, 4.69) is 50.0 Å². The molecule has 0 bridgehead atoms. The number of fused-ring (bicyclic) bond motifs is 1. The van der Waals surface area contributed by atoms with E-state index < -0.39 is 21.0 Å². The topological polar surface area (TPSA) is 128 Å². The SMILES string of the molecule is C[C@H]1CN(c2cc(S(=O)(=O)NC3(C)CC3)cn3c(-c4nnc(C5(C#N)CC5)s4)nc(Cl)c23)C[C@H](C)N1. The van der Waals surface area contributed by atoms with Crippen LogP contribution in [0.3, 0.4) is 0 Å². The second-order valence-corrected chi connectivity index (χ2v) is 13.7. The van der Waals surface area contributed by atoms with Gasteiger partial charge in [-0.15, -0.1) is 10.2 Å². The number of piperazine rings is 1. The first-order valence-electron chi connectivity index (χ1n) is 12.0. The van der Waals surface area contributed by atoms with E-state index >= 15 is 0 Å². The molecule has 0 amide bonds. The summed E-state index contributed by atoms with van der Waals surface area (Å²) in [6.07, 6.45) is 4.71. The van der Waals surface area contributed by atoms with Crippen LogP contribution >= 0.6 is 22.9 Å². The molecule has 3 fully saturated rings. The monoisotopic (exact) mass is 546 g/mol. The van der Waals surface area contributed by atoms with Crippen molar-refractivity contribution in [3.63, 3.8) is 0 Å². The second kappa shape index (κ2) is 8.10. The van der Waals surface area contributed by atoms with Crippen molar-refractivity contribution >= 4 is 44.2 Å². The van der Waals surface area contributed by atoms with E-state index in [0.29, 0.717) is 40.1 Å².